The molecule has 1 N–H and O–H groups in total. The van der Waals surface area contributed by atoms with E-state index in [4.69, 9.17) is 4.74 Å². The number of nitrogens with zero attached hydrogens (tertiary/aromatic N) is 1. The molecular weight excluding hydrogens is 276 g/mol. The second kappa shape index (κ2) is 6.85. The van der Waals surface area contributed by atoms with Gasteiger partial charge in [-0.3, -0.25) is 9.59 Å². The van der Waals surface area contributed by atoms with Gasteiger partial charge in [-0.25, -0.2) is 0 Å². The van der Waals surface area contributed by atoms with Crippen molar-refractivity contribution in [2.24, 2.45) is 0 Å². The van der Waals surface area contributed by atoms with E-state index in [0.29, 0.717) is 26.1 Å². The van der Waals surface area contributed by atoms with Gasteiger partial charge in [0.15, 0.2) is 0 Å². The van der Waals surface area contributed by atoms with Gasteiger partial charge >= 0.3 is 0 Å². The molecule has 0 aromatic carbocycles. The Kier molecular flexibility index (Phi) is 5.14. The maximum absolute atomic E-state index is 12.4. The first-order chi connectivity index (χ1) is 9.56. The minimum absolute atomic E-state index is 0.0623. The molecule has 2 amide bonds. The number of hydrogen-bond donors (Lipinski definition) is 1. The van der Waals surface area contributed by atoms with Gasteiger partial charge in [0.2, 0.25) is 11.8 Å². The molecular formula is C14H20N2O3S. The van der Waals surface area contributed by atoms with Crippen molar-refractivity contribution in [2.45, 2.75) is 32.4 Å². The maximum Gasteiger partial charge on any atom is 0.225 e. The summed E-state index contributed by atoms with van der Waals surface area (Å²) in [6, 6.07) is 3.63. The van der Waals surface area contributed by atoms with E-state index in [2.05, 4.69) is 5.32 Å². The summed E-state index contributed by atoms with van der Waals surface area (Å²) in [7, 11) is 0. The predicted octanol–water partition coefficient (Wildman–Crippen LogP) is 1.56. The SMILES string of the molecule is CC(=O)NC(CC(=O)N1CCOC(C)C1)c1cccs1. The number of amides is 2. The Morgan fingerprint density at radius 3 is 3.00 bits per heavy atom. The van der Waals surface area contributed by atoms with Crippen molar-refractivity contribution >= 4 is 23.2 Å². The first-order valence-electron chi connectivity index (χ1n) is 6.76. The molecule has 110 valence electrons. The average Bonchev–Trinajstić information content (AvgIpc) is 2.91. The first-order valence-corrected chi connectivity index (χ1v) is 7.64. The lowest BCUT2D eigenvalue weighted by Gasteiger charge is -2.32. The molecule has 1 aromatic rings. The largest absolute Gasteiger partial charge is 0.375 e. The van der Waals surface area contributed by atoms with Crippen LogP contribution in [-0.2, 0) is 14.3 Å². The average molecular weight is 296 g/mol. The molecule has 0 bridgehead atoms. The summed E-state index contributed by atoms with van der Waals surface area (Å²) in [4.78, 5) is 26.5. The number of hydrogen-bond acceptors (Lipinski definition) is 4. The van der Waals surface area contributed by atoms with Crippen molar-refractivity contribution in [2.75, 3.05) is 19.7 Å². The van der Waals surface area contributed by atoms with Crippen LogP contribution in [0.1, 0.15) is 31.2 Å². The molecule has 2 rings (SSSR count). The first kappa shape index (κ1) is 15.0. The number of morpholine rings is 1. The molecule has 20 heavy (non-hydrogen) atoms. The van der Waals surface area contributed by atoms with E-state index < -0.39 is 0 Å². The molecule has 0 saturated carbocycles. The third-order valence-corrected chi connectivity index (χ3v) is 4.22. The van der Waals surface area contributed by atoms with E-state index in [1.165, 1.54) is 6.92 Å². The second-order valence-corrected chi connectivity index (χ2v) is 5.97. The minimum atomic E-state index is -0.238. The highest BCUT2D eigenvalue weighted by Gasteiger charge is 2.25. The van der Waals surface area contributed by atoms with E-state index >= 15 is 0 Å². The summed E-state index contributed by atoms with van der Waals surface area (Å²) < 4.78 is 5.44. The Morgan fingerprint density at radius 2 is 2.40 bits per heavy atom. The summed E-state index contributed by atoms with van der Waals surface area (Å²) in [6.07, 6.45) is 0.376. The normalized spacial score (nSPS) is 20.5. The molecule has 2 heterocycles. The van der Waals surface area contributed by atoms with Gasteiger partial charge in [-0.15, -0.1) is 11.3 Å². The van der Waals surface area contributed by atoms with Crippen molar-refractivity contribution < 1.29 is 14.3 Å². The molecule has 1 fully saturated rings. The molecule has 5 nitrogen and oxygen atoms in total. The molecule has 1 saturated heterocycles. The van der Waals surface area contributed by atoms with Crippen molar-refractivity contribution in [1.82, 2.24) is 10.2 Å². The lowest BCUT2D eigenvalue weighted by atomic mass is 10.1. The Balaban J connectivity index is 2.00. The van der Waals surface area contributed by atoms with Crippen molar-refractivity contribution in [3.05, 3.63) is 22.4 Å². The van der Waals surface area contributed by atoms with E-state index in [0.717, 1.165) is 4.88 Å². The van der Waals surface area contributed by atoms with E-state index in [1.54, 1.807) is 11.3 Å². The minimum Gasteiger partial charge on any atom is -0.375 e. The van der Waals surface area contributed by atoms with Crippen molar-refractivity contribution in [3.63, 3.8) is 0 Å². The summed E-state index contributed by atoms with van der Waals surface area (Å²) in [5, 5.41) is 4.81. The van der Waals surface area contributed by atoms with Gasteiger partial charge in [-0.2, -0.15) is 0 Å². The number of carbonyl (C=O) groups excluding carboxylic acids is 2. The zero-order valence-electron chi connectivity index (χ0n) is 11.8. The smallest absolute Gasteiger partial charge is 0.225 e. The van der Waals surface area contributed by atoms with Gasteiger partial charge in [0.1, 0.15) is 0 Å². The number of thiophene rings is 1. The zero-order valence-corrected chi connectivity index (χ0v) is 12.6. The predicted molar refractivity (Wildman–Crippen MR) is 77.5 cm³/mol. The van der Waals surface area contributed by atoms with Crippen LogP contribution in [0.4, 0.5) is 0 Å². The monoisotopic (exact) mass is 296 g/mol. The van der Waals surface area contributed by atoms with Crippen LogP contribution in [0.25, 0.3) is 0 Å². The molecule has 1 aliphatic rings. The molecule has 1 aliphatic heterocycles. The summed E-state index contributed by atoms with van der Waals surface area (Å²) in [5.74, 6) is -0.0566. The van der Waals surface area contributed by atoms with Crippen LogP contribution in [0.3, 0.4) is 0 Å². The van der Waals surface area contributed by atoms with Crippen molar-refractivity contribution in [1.29, 1.82) is 0 Å². The van der Waals surface area contributed by atoms with Crippen LogP contribution in [-0.4, -0.2) is 42.5 Å². The summed E-state index contributed by atoms with van der Waals surface area (Å²) >= 11 is 1.55. The van der Waals surface area contributed by atoms with Gasteiger partial charge in [0, 0.05) is 24.9 Å². The Hall–Kier alpha value is -1.40. The third kappa shape index (κ3) is 4.05. The number of ether oxygens (including phenoxy) is 1. The molecule has 0 spiro atoms. The fourth-order valence-electron chi connectivity index (χ4n) is 2.31. The highest BCUT2D eigenvalue weighted by atomic mass is 32.1. The Morgan fingerprint density at radius 1 is 1.60 bits per heavy atom. The summed E-state index contributed by atoms with van der Waals surface area (Å²) in [6.45, 7) is 5.26. The number of nitrogens with one attached hydrogen (secondary N) is 1. The molecule has 1 aromatic heterocycles. The molecule has 2 unspecified atom stereocenters. The van der Waals surface area contributed by atoms with Gasteiger partial charge in [-0.1, -0.05) is 6.07 Å². The van der Waals surface area contributed by atoms with Crippen LogP contribution in [0, 0.1) is 0 Å². The molecule has 6 heteroatoms. The molecule has 0 radical (unpaired) electrons. The second-order valence-electron chi connectivity index (χ2n) is 4.99. The van der Waals surface area contributed by atoms with Gasteiger partial charge in [0.05, 0.1) is 25.2 Å². The van der Waals surface area contributed by atoms with Gasteiger partial charge in [-0.05, 0) is 18.4 Å². The lowest BCUT2D eigenvalue weighted by Crippen LogP contribution is -2.45. The number of carbonyl (C=O) groups is 2. The molecule has 2 atom stereocenters. The highest BCUT2D eigenvalue weighted by Crippen LogP contribution is 2.23. The van der Waals surface area contributed by atoms with E-state index in [1.807, 2.05) is 29.3 Å². The Bertz CT molecular complexity index is 461. The van der Waals surface area contributed by atoms with Gasteiger partial charge in [0.25, 0.3) is 0 Å². The fraction of sp³-hybridized carbons (Fsp3) is 0.571. The number of rotatable bonds is 4. The topological polar surface area (TPSA) is 58.6 Å². The van der Waals surface area contributed by atoms with Gasteiger partial charge < -0.3 is 15.0 Å². The fourth-order valence-corrected chi connectivity index (χ4v) is 3.08. The third-order valence-electron chi connectivity index (χ3n) is 3.24. The Labute approximate surface area is 122 Å². The zero-order chi connectivity index (χ0) is 14.5. The van der Waals surface area contributed by atoms with E-state index in [-0.39, 0.29) is 24.0 Å². The maximum atomic E-state index is 12.4. The summed E-state index contributed by atoms with van der Waals surface area (Å²) in [5.41, 5.74) is 0. The highest BCUT2D eigenvalue weighted by molar-refractivity contribution is 7.10. The van der Waals surface area contributed by atoms with E-state index in [9.17, 15) is 9.59 Å². The van der Waals surface area contributed by atoms with Crippen molar-refractivity contribution in [3.8, 4) is 0 Å². The quantitative estimate of drug-likeness (QED) is 0.917. The molecule has 0 aliphatic carbocycles. The van der Waals surface area contributed by atoms with Crippen LogP contribution in [0.2, 0.25) is 0 Å². The standard InChI is InChI=1S/C14H20N2O3S/c1-10-9-16(5-6-19-10)14(18)8-12(15-11(2)17)13-4-3-7-20-13/h3-4,7,10,12H,5-6,8-9H2,1-2H3,(H,15,17). The van der Waals surface area contributed by atoms with Crippen LogP contribution in [0.5, 0.6) is 0 Å². The lowest BCUT2D eigenvalue weighted by molar-refractivity contribution is -0.138. The van der Waals surface area contributed by atoms with Crippen LogP contribution < -0.4 is 5.32 Å². The van der Waals surface area contributed by atoms with Crippen LogP contribution >= 0.6 is 11.3 Å². The van der Waals surface area contributed by atoms with Crippen LogP contribution in [0.15, 0.2) is 17.5 Å².